The van der Waals surface area contributed by atoms with Crippen LogP contribution in [0.2, 0.25) is 0 Å². The van der Waals surface area contributed by atoms with Crippen molar-refractivity contribution >= 4 is 15.9 Å². The second kappa shape index (κ2) is 6.46. The molecule has 0 bridgehead atoms. The average molecular weight is 344 g/mol. The first kappa shape index (κ1) is 17.5. The predicted octanol–water partition coefficient (Wildman–Crippen LogP) is 3.80. The molecule has 0 aliphatic carbocycles. The van der Waals surface area contributed by atoms with Crippen molar-refractivity contribution in [2.45, 2.75) is 59.2 Å². The first-order chi connectivity index (χ1) is 8.98. The molecule has 0 spiro atoms. The summed E-state index contributed by atoms with van der Waals surface area (Å²) in [6.07, 6.45) is 0. The Kier molecular flexibility index (Phi) is 5.64. The summed E-state index contributed by atoms with van der Waals surface area (Å²) < 4.78 is 6.88. The summed E-state index contributed by atoms with van der Waals surface area (Å²) >= 11 is 3.53. The summed E-state index contributed by atoms with van der Waals surface area (Å²) in [5.74, 6) is 0.854. The number of benzene rings is 1. The standard InChI is InChI=1S/C16H26BrNO2/c1-11-7-13(17)8-12(9-18-15(2,3)4)14(11)20-10-16(5,6)19/h7-8,18-19H,9-10H2,1-6H3. The minimum Gasteiger partial charge on any atom is -0.490 e. The van der Waals surface area contributed by atoms with Crippen LogP contribution in [0.4, 0.5) is 0 Å². The van der Waals surface area contributed by atoms with Crippen LogP contribution in [-0.2, 0) is 6.54 Å². The molecule has 0 aliphatic rings. The fraction of sp³-hybridized carbons (Fsp3) is 0.625. The van der Waals surface area contributed by atoms with Crippen LogP contribution in [0.3, 0.4) is 0 Å². The maximum absolute atomic E-state index is 9.82. The van der Waals surface area contributed by atoms with Crippen LogP contribution in [-0.4, -0.2) is 22.9 Å². The third-order valence-corrected chi connectivity index (χ3v) is 3.15. The van der Waals surface area contributed by atoms with E-state index in [1.807, 2.05) is 13.0 Å². The van der Waals surface area contributed by atoms with Crippen molar-refractivity contribution in [3.63, 3.8) is 0 Å². The Morgan fingerprint density at radius 3 is 2.30 bits per heavy atom. The normalized spacial score (nSPS) is 12.6. The fourth-order valence-electron chi connectivity index (χ4n) is 1.75. The second-order valence-electron chi connectivity index (χ2n) is 6.92. The molecule has 0 saturated heterocycles. The summed E-state index contributed by atoms with van der Waals surface area (Å²) in [6, 6.07) is 4.09. The molecule has 0 saturated carbocycles. The molecule has 3 nitrogen and oxygen atoms in total. The second-order valence-corrected chi connectivity index (χ2v) is 7.83. The van der Waals surface area contributed by atoms with Gasteiger partial charge < -0.3 is 15.2 Å². The van der Waals surface area contributed by atoms with Gasteiger partial charge >= 0.3 is 0 Å². The minimum absolute atomic E-state index is 0.0454. The van der Waals surface area contributed by atoms with Gasteiger partial charge in [0.25, 0.3) is 0 Å². The number of aliphatic hydroxyl groups is 1. The van der Waals surface area contributed by atoms with E-state index in [0.717, 1.165) is 27.9 Å². The van der Waals surface area contributed by atoms with E-state index in [1.165, 1.54) is 0 Å². The quantitative estimate of drug-likeness (QED) is 0.854. The molecule has 2 N–H and O–H groups in total. The number of rotatable bonds is 5. The van der Waals surface area contributed by atoms with E-state index in [9.17, 15) is 5.11 Å². The molecule has 0 amide bonds. The zero-order valence-corrected chi connectivity index (χ0v) is 14.9. The van der Waals surface area contributed by atoms with Gasteiger partial charge in [-0.2, -0.15) is 0 Å². The molecule has 1 aromatic carbocycles. The van der Waals surface area contributed by atoms with Gasteiger partial charge in [0.1, 0.15) is 12.4 Å². The maximum Gasteiger partial charge on any atom is 0.126 e. The lowest BCUT2D eigenvalue weighted by Gasteiger charge is -2.24. The van der Waals surface area contributed by atoms with Gasteiger partial charge in [-0.1, -0.05) is 15.9 Å². The first-order valence-corrected chi connectivity index (χ1v) is 7.66. The lowest BCUT2D eigenvalue weighted by Crippen LogP contribution is -2.35. The highest BCUT2D eigenvalue weighted by Crippen LogP contribution is 2.29. The largest absolute Gasteiger partial charge is 0.490 e. The number of halogens is 1. The Balaban J connectivity index is 2.96. The van der Waals surface area contributed by atoms with Crippen molar-refractivity contribution in [2.24, 2.45) is 0 Å². The molecular weight excluding hydrogens is 318 g/mol. The molecule has 0 heterocycles. The molecule has 0 radical (unpaired) electrons. The van der Waals surface area contributed by atoms with Gasteiger partial charge in [0.05, 0.1) is 5.60 Å². The van der Waals surface area contributed by atoms with Gasteiger partial charge in [-0.05, 0) is 59.2 Å². The van der Waals surface area contributed by atoms with E-state index in [-0.39, 0.29) is 12.1 Å². The Bertz CT molecular complexity index is 459. The average Bonchev–Trinajstić information content (AvgIpc) is 2.22. The van der Waals surface area contributed by atoms with Crippen LogP contribution in [0, 0.1) is 6.92 Å². The number of nitrogens with one attached hydrogen (secondary N) is 1. The van der Waals surface area contributed by atoms with Crippen molar-refractivity contribution in [1.29, 1.82) is 0 Å². The van der Waals surface area contributed by atoms with Crippen molar-refractivity contribution in [3.8, 4) is 5.75 Å². The Morgan fingerprint density at radius 1 is 1.20 bits per heavy atom. The molecule has 114 valence electrons. The smallest absolute Gasteiger partial charge is 0.126 e. The third-order valence-electron chi connectivity index (χ3n) is 2.70. The summed E-state index contributed by atoms with van der Waals surface area (Å²) in [5, 5.41) is 13.3. The number of ether oxygens (including phenoxy) is 1. The molecular formula is C16H26BrNO2. The highest BCUT2D eigenvalue weighted by molar-refractivity contribution is 9.10. The van der Waals surface area contributed by atoms with Gasteiger partial charge in [0, 0.05) is 22.1 Å². The lowest BCUT2D eigenvalue weighted by atomic mass is 10.1. The van der Waals surface area contributed by atoms with Crippen molar-refractivity contribution in [1.82, 2.24) is 5.32 Å². The zero-order valence-electron chi connectivity index (χ0n) is 13.3. The first-order valence-electron chi connectivity index (χ1n) is 6.87. The molecule has 0 fully saturated rings. The molecule has 0 atom stereocenters. The molecule has 20 heavy (non-hydrogen) atoms. The molecule has 0 unspecified atom stereocenters. The lowest BCUT2D eigenvalue weighted by molar-refractivity contribution is 0.0278. The molecule has 4 heteroatoms. The highest BCUT2D eigenvalue weighted by Gasteiger charge is 2.17. The summed E-state index contributed by atoms with van der Waals surface area (Å²) in [4.78, 5) is 0. The Labute approximate surface area is 130 Å². The van der Waals surface area contributed by atoms with Crippen LogP contribution >= 0.6 is 15.9 Å². The van der Waals surface area contributed by atoms with Crippen LogP contribution < -0.4 is 10.1 Å². The van der Waals surface area contributed by atoms with Gasteiger partial charge in [-0.15, -0.1) is 0 Å². The Morgan fingerprint density at radius 2 is 1.80 bits per heavy atom. The van der Waals surface area contributed by atoms with Crippen molar-refractivity contribution < 1.29 is 9.84 Å². The number of hydrogen-bond donors (Lipinski definition) is 2. The van der Waals surface area contributed by atoms with E-state index in [0.29, 0.717) is 0 Å². The van der Waals surface area contributed by atoms with Crippen LogP contribution in [0.25, 0.3) is 0 Å². The van der Waals surface area contributed by atoms with Gasteiger partial charge in [-0.25, -0.2) is 0 Å². The van der Waals surface area contributed by atoms with Gasteiger partial charge in [0.15, 0.2) is 0 Å². The summed E-state index contributed by atoms with van der Waals surface area (Å²) in [5.41, 5.74) is 1.36. The minimum atomic E-state index is -0.839. The SMILES string of the molecule is Cc1cc(Br)cc(CNC(C)(C)C)c1OCC(C)(C)O. The molecule has 0 aliphatic heterocycles. The zero-order chi connectivity index (χ0) is 15.6. The molecule has 0 aromatic heterocycles. The number of aryl methyl sites for hydroxylation is 1. The predicted molar refractivity (Wildman–Crippen MR) is 87.3 cm³/mol. The molecule has 1 rings (SSSR count). The van der Waals surface area contributed by atoms with E-state index >= 15 is 0 Å². The van der Waals surface area contributed by atoms with Gasteiger partial charge in [0.2, 0.25) is 0 Å². The van der Waals surface area contributed by atoms with E-state index in [2.05, 4.69) is 48.1 Å². The van der Waals surface area contributed by atoms with Crippen LogP contribution in [0.5, 0.6) is 5.75 Å². The van der Waals surface area contributed by atoms with Crippen LogP contribution in [0.15, 0.2) is 16.6 Å². The van der Waals surface area contributed by atoms with Crippen molar-refractivity contribution in [3.05, 3.63) is 27.7 Å². The summed E-state index contributed by atoms with van der Waals surface area (Å²) in [7, 11) is 0. The van der Waals surface area contributed by atoms with E-state index < -0.39 is 5.60 Å². The topological polar surface area (TPSA) is 41.5 Å². The number of hydrogen-bond acceptors (Lipinski definition) is 3. The van der Waals surface area contributed by atoms with Crippen LogP contribution in [0.1, 0.15) is 45.7 Å². The monoisotopic (exact) mass is 343 g/mol. The maximum atomic E-state index is 9.82. The van der Waals surface area contributed by atoms with E-state index in [4.69, 9.17) is 4.74 Å². The van der Waals surface area contributed by atoms with Crippen molar-refractivity contribution in [2.75, 3.05) is 6.61 Å². The van der Waals surface area contributed by atoms with E-state index in [1.54, 1.807) is 13.8 Å². The van der Waals surface area contributed by atoms with Gasteiger partial charge in [-0.3, -0.25) is 0 Å². The highest BCUT2D eigenvalue weighted by atomic mass is 79.9. The third kappa shape index (κ3) is 6.25. The summed E-state index contributed by atoms with van der Waals surface area (Å²) in [6.45, 7) is 12.9. The molecule has 1 aromatic rings. The Hall–Kier alpha value is -0.580. The fourth-order valence-corrected chi connectivity index (χ4v) is 2.37.